The Kier molecular flexibility index (Phi) is 3.41. The summed E-state index contributed by atoms with van der Waals surface area (Å²) in [5, 5.41) is 3.80. The van der Waals surface area contributed by atoms with Crippen LogP contribution in [0.4, 0.5) is 0 Å². The van der Waals surface area contributed by atoms with Crippen LogP contribution in [0.3, 0.4) is 0 Å². The van der Waals surface area contributed by atoms with E-state index in [9.17, 15) is 0 Å². The summed E-state index contributed by atoms with van der Waals surface area (Å²) in [7, 11) is 0. The summed E-state index contributed by atoms with van der Waals surface area (Å²) in [6.07, 6.45) is 4.61. The maximum atomic E-state index is 5.37. The number of nitrogens with zero attached hydrogens (tertiary/aromatic N) is 3. The standard InChI is InChI=1S/C19H12N3O/c1-3-7-14(8-4-1)16-13-21-23-18(16)19-20-12-11-17(22-19)15-9-5-2-6-10-15/h1-12H. The quantitative estimate of drug-likeness (QED) is 0.567. The largest absolute Gasteiger partial charge is 0.352 e. The number of hydrogen-bond acceptors (Lipinski definition) is 4. The molecule has 0 atom stereocenters. The third kappa shape index (κ3) is 2.62. The summed E-state index contributed by atoms with van der Waals surface area (Å²) >= 11 is 0. The molecule has 0 N–H and O–H groups in total. The highest BCUT2D eigenvalue weighted by Gasteiger charge is 2.16. The molecule has 2 heterocycles. The zero-order valence-electron chi connectivity index (χ0n) is 12.2. The SMILES string of the molecule is [c]1noc(-c2nccc(-c3ccccc3)n2)c1-c1ccccc1. The first kappa shape index (κ1) is 13.4. The molecule has 4 rings (SSSR count). The highest BCUT2D eigenvalue weighted by Crippen LogP contribution is 2.30. The van der Waals surface area contributed by atoms with E-state index in [1.807, 2.05) is 66.7 Å². The van der Waals surface area contributed by atoms with Gasteiger partial charge in [-0.15, -0.1) is 0 Å². The molecular weight excluding hydrogens is 286 g/mol. The van der Waals surface area contributed by atoms with E-state index in [1.165, 1.54) is 0 Å². The Labute approximate surface area is 133 Å². The molecule has 0 bridgehead atoms. The van der Waals surface area contributed by atoms with Crippen molar-refractivity contribution in [2.45, 2.75) is 0 Å². The molecule has 0 saturated heterocycles. The molecule has 109 valence electrons. The van der Waals surface area contributed by atoms with Crippen LogP contribution in [0.25, 0.3) is 34.0 Å². The minimum absolute atomic E-state index is 0.499. The van der Waals surface area contributed by atoms with Gasteiger partial charge in [0.1, 0.15) is 6.20 Å². The van der Waals surface area contributed by atoms with Crippen molar-refractivity contribution in [2.75, 3.05) is 0 Å². The summed E-state index contributed by atoms with van der Waals surface area (Å²) < 4.78 is 5.37. The van der Waals surface area contributed by atoms with E-state index in [1.54, 1.807) is 6.20 Å². The lowest BCUT2D eigenvalue weighted by molar-refractivity contribution is 0.428. The fraction of sp³-hybridized carbons (Fsp3) is 0. The second kappa shape index (κ2) is 5.85. The van der Waals surface area contributed by atoms with Gasteiger partial charge >= 0.3 is 0 Å². The van der Waals surface area contributed by atoms with Gasteiger partial charge < -0.3 is 4.52 Å². The minimum Gasteiger partial charge on any atom is -0.352 e. The maximum Gasteiger partial charge on any atom is 0.212 e. The molecule has 2 aromatic carbocycles. The molecule has 4 nitrogen and oxygen atoms in total. The topological polar surface area (TPSA) is 51.8 Å². The molecule has 23 heavy (non-hydrogen) atoms. The predicted octanol–water partition coefficient (Wildman–Crippen LogP) is 4.27. The Morgan fingerprint density at radius 1 is 0.783 bits per heavy atom. The van der Waals surface area contributed by atoms with Gasteiger partial charge in [-0.25, -0.2) is 9.97 Å². The second-order valence-corrected chi connectivity index (χ2v) is 5.00. The van der Waals surface area contributed by atoms with Gasteiger partial charge in [-0.3, -0.25) is 0 Å². The van der Waals surface area contributed by atoms with Crippen LogP contribution in [0.5, 0.6) is 0 Å². The molecule has 0 saturated carbocycles. The Morgan fingerprint density at radius 2 is 1.48 bits per heavy atom. The smallest absolute Gasteiger partial charge is 0.212 e. The van der Waals surface area contributed by atoms with Gasteiger partial charge in [0.25, 0.3) is 0 Å². The van der Waals surface area contributed by atoms with Crippen LogP contribution in [0, 0.1) is 6.20 Å². The van der Waals surface area contributed by atoms with Crippen molar-refractivity contribution in [3.63, 3.8) is 0 Å². The number of aromatic nitrogens is 3. The third-order valence-corrected chi connectivity index (χ3v) is 3.51. The van der Waals surface area contributed by atoms with E-state index in [4.69, 9.17) is 4.52 Å². The average molecular weight is 298 g/mol. The van der Waals surface area contributed by atoms with Crippen LogP contribution >= 0.6 is 0 Å². The van der Waals surface area contributed by atoms with Crippen molar-refractivity contribution in [1.82, 2.24) is 15.1 Å². The zero-order chi connectivity index (χ0) is 15.5. The number of rotatable bonds is 3. The first-order valence-corrected chi connectivity index (χ1v) is 7.23. The molecule has 0 aliphatic heterocycles. The van der Waals surface area contributed by atoms with Gasteiger partial charge in [0.2, 0.25) is 5.76 Å². The fourth-order valence-electron chi connectivity index (χ4n) is 2.40. The minimum atomic E-state index is 0.499. The fourth-order valence-corrected chi connectivity index (χ4v) is 2.40. The number of benzene rings is 2. The van der Waals surface area contributed by atoms with Crippen molar-refractivity contribution in [2.24, 2.45) is 0 Å². The summed E-state index contributed by atoms with van der Waals surface area (Å²) in [4.78, 5) is 8.94. The van der Waals surface area contributed by atoms with E-state index in [-0.39, 0.29) is 0 Å². The molecule has 0 aliphatic rings. The van der Waals surface area contributed by atoms with Crippen molar-refractivity contribution in [3.05, 3.63) is 79.1 Å². The molecule has 4 aromatic rings. The van der Waals surface area contributed by atoms with Gasteiger partial charge in [-0.05, 0) is 11.6 Å². The average Bonchev–Trinajstić information content (AvgIpc) is 3.13. The molecule has 2 aromatic heterocycles. The van der Waals surface area contributed by atoms with Crippen molar-refractivity contribution >= 4 is 0 Å². The Hall–Kier alpha value is -3.27. The van der Waals surface area contributed by atoms with Crippen LogP contribution in [-0.2, 0) is 0 Å². The second-order valence-electron chi connectivity index (χ2n) is 5.00. The summed E-state index contributed by atoms with van der Waals surface area (Å²) in [5.41, 5.74) is 3.60. The van der Waals surface area contributed by atoms with E-state index in [2.05, 4.69) is 21.3 Å². The van der Waals surface area contributed by atoms with Crippen LogP contribution in [-0.4, -0.2) is 15.1 Å². The molecule has 4 heteroatoms. The highest BCUT2D eigenvalue weighted by atomic mass is 16.5. The molecular formula is C19H12N3O. The van der Waals surface area contributed by atoms with Gasteiger partial charge in [0.05, 0.1) is 11.3 Å². The molecule has 0 unspecified atom stereocenters. The lowest BCUT2D eigenvalue weighted by Gasteiger charge is -2.03. The normalized spacial score (nSPS) is 10.6. The molecule has 1 radical (unpaired) electrons. The molecule has 0 spiro atoms. The molecule has 0 aliphatic carbocycles. The molecule has 0 fully saturated rings. The first-order valence-electron chi connectivity index (χ1n) is 7.23. The van der Waals surface area contributed by atoms with Gasteiger partial charge in [-0.1, -0.05) is 65.8 Å². The van der Waals surface area contributed by atoms with Gasteiger partial charge in [-0.2, -0.15) is 0 Å². The monoisotopic (exact) mass is 298 g/mol. The van der Waals surface area contributed by atoms with Crippen molar-refractivity contribution in [1.29, 1.82) is 0 Å². The van der Waals surface area contributed by atoms with Crippen molar-refractivity contribution in [3.8, 4) is 34.0 Å². The zero-order valence-corrected chi connectivity index (χ0v) is 12.2. The van der Waals surface area contributed by atoms with Crippen LogP contribution < -0.4 is 0 Å². The van der Waals surface area contributed by atoms with Crippen LogP contribution in [0.2, 0.25) is 0 Å². The van der Waals surface area contributed by atoms with E-state index < -0.39 is 0 Å². The molecule has 0 amide bonds. The van der Waals surface area contributed by atoms with Gasteiger partial charge in [0.15, 0.2) is 5.82 Å². The predicted molar refractivity (Wildman–Crippen MR) is 87.2 cm³/mol. The Bertz CT molecular complexity index is 918. The maximum absolute atomic E-state index is 5.37. The van der Waals surface area contributed by atoms with Crippen molar-refractivity contribution < 1.29 is 4.52 Å². The highest BCUT2D eigenvalue weighted by molar-refractivity contribution is 5.76. The van der Waals surface area contributed by atoms with E-state index >= 15 is 0 Å². The Morgan fingerprint density at radius 3 is 2.22 bits per heavy atom. The first-order chi connectivity index (χ1) is 11.4. The van der Waals surface area contributed by atoms with Crippen LogP contribution in [0.1, 0.15) is 0 Å². The summed E-state index contributed by atoms with van der Waals surface area (Å²) in [6, 6.07) is 21.7. The van der Waals surface area contributed by atoms with Crippen LogP contribution in [0.15, 0.2) is 77.4 Å². The van der Waals surface area contributed by atoms with Gasteiger partial charge in [0, 0.05) is 11.8 Å². The number of hydrogen-bond donors (Lipinski definition) is 0. The Balaban J connectivity index is 1.80. The van der Waals surface area contributed by atoms with E-state index in [0.29, 0.717) is 11.6 Å². The summed E-state index contributed by atoms with van der Waals surface area (Å²) in [5.74, 6) is 1.02. The lowest BCUT2D eigenvalue weighted by Crippen LogP contribution is -1.91. The van der Waals surface area contributed by atoms with E-state index in [0.717, 1.165) is 22.4 Å². The third-order valence-electron chi connectivity index (χ3n) is 3.51. The summed E-state index contributed by atoms with van der Waals surface area (Å²) in [6.45, 7) is 0. The lowest BCUT2D eigenvalue weighted by atomic mass is 10.1.